The van der Waals surface area contributed by atoms with E-state index in [2.05, 4.69) is 33.9 Å². The third-order valence-corrected chi connectivity index (χ3v) is 13.2. The van der Waals surface area contributed by atoms with Crippen molar-refractivity contribution in [2.75, 3.05) is 6.61 Å². The lowest BCUT2D eigenvalue weighted by Gasteiger charge is -2.49. The molecule has 2 heterocycles. The van der Waals surface area contributed by atoms with E-state index in [9.17, 15) is 9.90 Å². The minimum atomic E-state index is -1.95. The van der Waals surface area contributed by atoms with Crippen molar-refractivity contribution >= 4 is 14.3 Å². The number of ether oxygens (including phenoxy) is 3. The number of carbonyl (C=O) groups is 1. The molecule has 214 valence electrons. The Bertz CT molecular complexity index is 968. The van der Waals surface area contributed by atoms with E-state index < -0.39 is 32.1 Å². The van der Waals surface area contributed by atoms with Gasteiger partial charge in [-0.1, -0.05) is 45.0 Å². The Morgan fingerprint density at radius 3 is 2.47 bits per heavy atom. The maximum Gasteiger partial charge on any atom is 0.317 e. The van der Waals surface area contributed by atoms with Gasteiger partial charge in [0.1, 0.15) is 5.75 Å². The van der Waals surface area contributed by atoms with Gasteiger partial charge in [-0.2, -0.15) is 0 Å². The number of aliphatic hydroxyl groups excluding tert-OH is 1. The van der Waals surface area contributed by atoms with Crippen LogP contribution in [0.15, 0.2) is 29.8 Å². The molecular formula is C31H50O6Si. The molecular weight excluding hydrogens is 496 g/mol. The van der Waals surface area contributed by atoms with Crippen molar-refractivity contribution in [3.05, 3.63) is 41.0 Å². The van der Waals surface area contributed by atoms with Gasteiger partial charge >= 0.3 is 5.97 Å². The van der Waals surface area contributed by atoms with Crippen molar-refractivity contribution in [2.24, 2.45) is 5.92 Å². The predicted molar refractivity (Wildman–Crippen MR) is 154 cm³/mol. The highest BCUT2D eigenvalue weighted by molar-refractivity contribution is 6.74. The van der Waals surface area contributed by atoms with E-state index in [1.807, 2.05) is 45.0 Å². The van der Waals surface area contributed by atoms with Gasteiger partial charge in [0.25, 0.3) is 0 Å². The summed E-state index contributed by atoms with van der Waals surface area (Å²) in [4.78, 5) is 12.9. The molecule has 0 amide bonds. The fraction of sp³-hybridized carbons (Fsp3) is 0.710. The molecule has 2 saturated heterocycles. The lowest BCUT2D eigenvalue weighted by molar-refractivity contribution is -0.307. The number of aryl methyl sites for hydroxylation is 2. The molecule has 0 aliphatic carbocycles. The van der Waals surface area contributed by atoms with Gasteiger partial charge in [0.15, 0.2) is 14.1 Å². The standard InChI is InChI=1S/C31H50O6Si/c1-21(27(32)24(4)29(33)35-28-22(2)13-12-14-23(28)3)15-16-25-19-26(37-38(8,9)30(5,6)7)20-31(36-25)17-10-11-18-34-31/h12-15,24-27,32H,10-11,16-20H2,1-9H3/b21-15+. The van der Waals surface area contributed by atoms with Gasteiger partial charge in [0.05, 0.1) is 30.8 Å². The van der Waals surface area contributed by atoms with Crippen molar-refractivity contribution in [2.45, 2.75) is 129 Å². The van der Waals surface area contributed by atoms with Crippen molar-refractivity contribution in [1.82, 2.24) is 0 Å². The van der Waals surface area contributed by atoms with Crippen LogP contribution in [0.25, 0.3) is 0 Å². The van der Waals surface area contributed by atoms with Gasteiger partial charge in [0, 0.05) is 12.8 Å². The number of rotatable bonds is 8. The molecule has 7 heteroatoms. The third kappa shape index (κ3) is 7.57. The molecule has 1 aromatic rings. The zero-order chi connectivity index (χ0) is 28.3. The van der Waals surface area contributed by atoms with Crippen LogP contribution in [-0.4, -0.2) is 50.1 Å². The van der Waals surface area contributed by atoms with Crippen molar-refractivity contribution < 1.29 is 28.5 Å². The first-order valence-electron chi connectivity index (χ1n) is 14.3. The van der Waals surface area contributed by atoms with E-state index in [0.717, 1.165) is 48.8 Å². The van der Waals surface area contributed by atoms with Crippen LogP contribution >= 0.6 is 0 Å². The smallest absolute Gasteiger partial charge is 0.317 e. The van der Waals surface area contributed by atoms with Crippen molar-refractivity contribution in [1.29, 1.82) is 0 Å². The van der Waals surface area contributed by atoms with Crippen LogP contribution in [0.3, 0.4) is 0 Å². The number of carbonyl (C=O) groups excluding carboxylic acids is 1. The second kappa shape index (κ2) is 12.3. The fourth-order valence-corrected chi connectivity index (χ4v) is 6.51. The molecule has 2 aliphatic rings. The normalized spacial score (nSPS) is 26.7. The van der Waals surface area contributed by atoms with Crippen LogP contribution in [-0.2, 0) is 18.7 Å². The van der Waals surface area contributed by atoms with E-state index >= 15 is 0 Å². The first kappa shape index (κ1) is 31.0. The summed E-state index contributed by atoms with van der Waals surface area (Å²) < 4.78 is 25.4. The number of esters is 1. The molecule has 0 radical (unpaired) electrons. The topological polar surface area (TPSA) is 74.2 Å². The van der Waals surface area contributed by atoms with Gasteiger partial charge in [-0.25, -0.2) is 0 Å². The van der Waals surface area contributed by atoms with Crippen molar-refractivity contribution in [3.63, 3.8) is 0 Å². The number of hydrogen-bond donors (Lipinski definition) is 1. The Hall–Kier alpha value is -1.51. The highest BCUT2D eigenvalue weighted by Gasteiger charge is 2.47. The van der Waals surface area contributed by atoms with Gasteiger partial charge in [0.2, 0.25) is 0 Å². The Morgan fingerprint density at radius 1 is 1.24 bits per heavy atom. The molecule has 0 bridgehead atoms. The Balaban J connectivity index is 1.68. The molecule has 2 aliphatic heterocycles. The molecule has 38 heavy (non-hydrogen) atoms. The summed E-state index contributed by atoms with van der Waals surface area (Å²) in [5.41, 5.74) is 2.54. The zero-order valence-corrected chi connectivity index (χ0v) is 26.1. The molecule has 0 aromatic heterocycles. The van der Waals surface area contributed by atoms with Crippen LogP contribution in [0.5, 0.6) is 5.75 Å². The molecule has 5 unspecified atom stereocenters. The van der Waals surface area contributed by atoms with Crippen molar-refractivity contribution in [3.8, 4) is 5.75 Å². The number of hydrogen-bond acceptors (Lipinski definition) is 6. The number of aliphatic hydroxyl groups is 1. The Morgan fingerprint density at radius 2 is 1.89 bits per heavy atom. The van der Waals surface area contributed by atoms with Gasteiger partial charge in [-0.05, 0) is 88.2 Å². The first-order chi connectivity index (χ1) is 17.6. The minimum Gasteiger partial charge on any atom is -0.426 e. The lowest BCUT2D eigenvalue weighted by atomic mass is 9.91. The molecule has 1 N–H and O–H groups in total. The summed E-state index contributed by atoms with van der Waals surface area (Å²) in [5, 5.41) is 11.1. The van der Waals surface area contributed by atoms with E-state index in [4.69, 9.17) is 18.6 Å². The minimum absolute atomic E-state index is 0.0735. The van der Waals surface area contributed by atoms with E-state index in [0.29, 0.717) is 18.8 Å². The molecule has 1 aromatic carbocycles. The summed E-state index contributed by atoms with van der Waals surface area (Å²) in [6.07, 6.45) is 6.30. The van der Waals surface area contributed by atoms with Crippen LogP contribution in [0, 0.1) is 19.8 Å². The number of benzene rings is 1. The highest BCUT2D eigenvalue weighted by atomic mass is 28.4. The summed E-state index contributed by atoms with van der Waals surface area (Å²) in [7, 11) is -1.95. The van der Waals surface area contributed by atoms with E-state index in [1.165, 1.54) is 0 Å². The Labute approximate surface area is 231 Å². The van der Waals surface area contributed by atoms with Crippen LogP contribution in [0.4, 0.5) is 0 Å². The fourth-order valence-electron chi connectivity index (χ4n) is 5.15. The Kier molecular flexibility index (Phi) is 10.1. The molecule has 1 spiro atoms. The third-order valence-electron chi connectivity index (χ3n) is 8.66. The molecule has 0 saturated carbocycles. The first-order valence-corrected chi connectivity index (χ1v) is 17.2. The average molecular weight is 547 g/mol. The van der Waals surface area contributed by atoms with E-state index in [1.54, 1.807) is 6.92 Å². The number of para-hydroxylation sites is 1. The van der Waals surface area contributed by atoms with Crippen LogP contribution in [0.1, 0.15) is 84.3 Å². The zero-order valence-electron chi connectivity index (χ0n) is 25.1. The SMILES string of the molecule is C/C(=C\CC1CC(O[Si](C)(C)C(C)(C)C)CC2(CCCCO2)O1)C(O)C(C)C(=O)Oc1c(C)cccc1C. The maximum absolute atomic E-state index is 12.9. The second-order valence-electron chi connectivity index (χ2n) is 13.0. The quantitative estimate of drug-likeness (QED) is 0.164. The van der Waals surface area contributed by atoms with Crippen LogP contribution < -0.4 is 4.74 Å². The maximum atomic E-state index is 12.9. The monoisotopic (exact) mass is 546 g/mol. The molecule has 5 atom stereocenters. The highest BCUT2D eigenvalue weighted by Crippen LogP contribution is 2.43. The summed E-state index contributed by atoms with van der Waals surface area (Å²) in [6, 6.07) is 5.76. The largest absolute Gasteiger partial charge is 0.426 e. The lowest BCUT2D eigenvalue weighted by Crippen LogP contribution is -2.53. The van der Waals surface area contributed by atoms with Crippen LogP contribution in [0.2, 0.25) is 18.1 Å². The van der Waals surface area contributed by atoms with Gasteiger partial charge in [-0.3, -0.25) is 4.79 Å². The molecule has 6 nitrogen and oxygen atoms in total. The second-order valence-corrected chi connectivity index (χ2v) is 17.7. The predicted octanol–water partition coefficient (Wildman–Crippen LogP) is 7.01. The summed E-state index contributed by atoms with van der Waals surface area (Å²) in [5.74, 6) is -1.15. The summed E-state index contributed by atoms with van der Waals surface area (Å²) in [6.45, 7) is 19.5. The van der Waals surface area contributed by atoms with Gasteiger partial charge < -0.3 is 23.7 Å². The van der Waals surface area contributed by atoms with Gasteiger partial charge in [-0.15, -0.1) is 0 Å². The molecule has 3 rings (SSSR count). The summed E-state index contributed by atoms with van der Waals surface area (Å²) >= 11 is 0. The van der Waals surface area contributed by atoms with E-state index in [-0.39, 0.29) is 17.2 Å². The molecule has 2 fully saturated rings. The average Bonchev–Trinajstić information content (AvgIpc) is 2.83.